The molecular weight excluding hydrogens is 236 g/mol. The van der Waals surface area contributed by atoms with Crippen molar-refractivity contribution in [1.82, 2.24) is 14.7 Å². The zero-order valence-electron chi connectivity index (χ0n) is 13.2. The predicted octanol–water partition coefficient (Wildman–Crippen LogP) is 1.17. The van der Waals surface area contributed by atoms with Crippen LogP contribution in [0.1, 0.15) is 40.5 Å². The summed E-state index contributed by atoms with van der Waals surface area (Å²) in [5, 5.41) is 0. The third kappa shape index (κ3) is 3.48. The van der Waals surface area contributed by atoms with E-state index in [9.17, 15) is 0 Å². The standard InChI is InChI=1S/C15H32N4/c1-13(2)17-9-11-19(12-10-17)15(3,4)18-7-5-14(16)6-8-18/h13-14H,5-12,16H2,1-4H3. The van der Waals surface area contributed by atoms with Gasteiger partial charge >= 0.3 is 0 Å². The van der Waals surface area contributed by atoms with Crippen molar-refractivity contribution in [3.63, 3.8) is 0 Å². The van der Waals surface area contributed by atoms with Gasteiger partial charge in [-0.15, -0.1) is 0 Å². The lowest BCUT2D eigenvalue weighted by molar-refractivity contribution is -0.0680. The van der Waals surface area contributed by atoms with E-state index in [1.54, 1.807) is 0 Å². The van der Waals surface area contributed by atoms with E-state index in [-0.39, 0.29) is 5.66 Å². The Morgan fingerprint density at radius 3 is 1.84 bits per heavy atom. The second-order valence-electron chi connectivity index (χ2n) is 6.94. The Morgan fingerprint density at radius 2 is 1.37 bits per heavy atom. The highest BCUT2D eigenvalue weighted by Gasteiger charge is 2.36. The molecule has 19 heavy (non-hydrogen) atoms. The van der Waals surface area contributed by atoms with Gasteiger partial charge in [0.2, 0.25) is 0 Å². The number of hydrogen-bond acceptors (Lipinski definition) is 4. The van der Waals surface area contributed by atoms with Crippen molar-refractivity contribution in [2.24, 2.45) is 5.73 Å². The molecule has 2 saturated heterocycles. The summed E-state index contributed by atoms with van der Waals surface area (Å²) in [4.78, 5) is 7.86. The van der Waals surface area contributed by atoms with Gasteiger partial charge in [0.25, 0.3) is 0 Å². The summed E-state index contributed by atoms with van der Waals surface area (Å²) >= 11 is 0. The maximum atomic E-state index is 6.02. The second kappa shape index (κ2) is 6.08. The molecule has 2 N–H and O–H groups in total. The van der Waals surface area contributed by atoms with Crippen molar-refractivity contribution in [2.75, 3.05) is 39.3 Å². The van der Waals surface area contributed by atoms with Crippen molar-refractivity contribution < 1.29 is 0 Å². The Morgan fingerprint density at radius 1 is 0.895 bits per heavy atom. The molecule has 0 aromatic carbocycles. The average Bonchev–Trinajstić information content (AvgIpc) is 2.39. The van der Waals surface area contributed by atoms with Crippen LogP contribution in [0.4, 0.5) is 0 Å². The number of rotatable bonds is 3. The molecule has 0 saturated carbocycles. The lowest BCUT2D eigenvalue weighted by atomic mass is 10.0. The number of piperazine rings is 1. The largest absolute Gasteiger partial charge is 0.328 e. The molecule has 0 unspecified atom stereocenters. The minimum Gasteiger partial charge on any atom is -0.328 e. The average molecular weight is 268 g/mol. The molecule has 2 rings (SSSR count). The molecule has 0 atom stereocenters. The van der Waals surface area contributed by atoms with Gasteiger partial charge < -0.3 is 5.73 Å². The van der Waals surface area contributed by atoms with Crippen molar-refractivity contribution in [3.05, 3.63) is 0 Å². The number of hydrogen-bond donors (Lipinski definition) is 1. The monoisotopic (exact) mass is 268 g/mol. The highest BCUT2D eigenvalue weighted by atomic mass is 15.4. The lowest BCUT2D eigenvalue weighted by Gasteiger charge is -2.51. The molecule has 2 aliphatic rings. The summed E-state index contributed by atoms with van der Waals surface area (Å²) in [5.41, 5.74) is 6.21. The first-order valence-corrected chi connectivity index (χ1v) is 7.91. The SMILES string of the molecule is CC(C)N1CCN(C(C)(C)N2CCC(N)CC2)CC1. The zero-order chi connectivity index (χ0) is 14.0. The van der Waals surface area contributed by atoms with Gasteiger partial charge in [0.05, 0.1) is 5.66 Å². The number of nitrogens with zero attached hydrogens (tertiary/aromatic N) is 3. The summed E-state index contributed by atoms with van der Waals surface area (Å²) in [6.45, 7) is 16.4. The van der Waals surface area contributed by atoms with Gasteiger partial charge in [0.15, 0.2) is 0 Å². The van der Waals surface area contributed by atoms with E-state index >= 15 is 0 Å². The van der Waals surface area contributed by atoms with Gasteiger partial charge in [-0.05, 0) is 40.5 Å². The minimum absolute atomic E-state index is 0.184. The van der Waals surface area contributed by atoms with E-state index < -0.39 is 0 Å². The summed E-state index contributed by atoms with van der Waals surface area (Å²) in [6.07, 6.45) is 2.30. The van der Waals surface area contributed by atoms with Crippen molar-refractivity contribution in [1.29, 1.82) is 0 Å². The summed E-state index contributed by atoms with van der Waals surface area (Å²) in [6, 6.07) is 1.10. The van der Waals surface area contributed by atoms with Gasteiger partial charge in [0.1, 0.15) is 0 Å². The van der Waals surface area contributed by atoms with Gasteiger partial charge in [-0.3, -0.25) is 14.7 Å². The number of likely N-dealkylation sites (tertiary alicyclic amines) is 1. The van der Waals surface area contributed by atoms with Crippen molar-refractivity contribution in [3.8, 4) is 0 Å². The van der Waals surface area contributed by atoms with Crippen LogP contribution in [-0.2, 0) is 0 Å². The Hall–Kier alpha value is -0.160. The van der Waals surface area contributed by atoms with Crippen LogP contribution in [0.3, 0.4) is 0 Å². The van der Waals surface area contributed by atoms with Crippen LogP contribution < -0.4 is 5.73 Å². The van der Waals surface area contributed by atoms with Crippen LogP contribution >= 0.6 is 0 Å². The zero-order valence-corrected chi connectivity index (χ0v) is 13.2. The molecule has 0 aromatic rings. The topological polar surface area (TPSA) is 35.7 Å². The van der Waals surface area contributed by atoms with Crippen LogP contribution in [-0.4, -0.2) is 71.7 Å². The maximum Gasteiger partial charge on any atom is 0.0680 e. The third-order valence-corrected chi connectivity index (χ3v) is 5.13. The first kappa shape index (κ1) is 15.2. The number of nitrogens with two attached hydrogens (primary N) is 1. The van der Waals surface area contributed by atoms with E-state index in [2.05, 4.69) is 42.4 Å². The molecular formula is C15H32N4. The quantitative estimate of drug-likeness (QED) is 0.833. The fourth-order valence-electron chi connectivity index (χ4n) is 3.43. The molecule has 4 heteroatoms. The highest BCUT2D eigenvalue weighted by molar-refractivity contribution is 4.89. The summed E-state index contributed by atoms with van der Waals surface area (Å²) < 4.78 is 0. The molecule has 0 bridgehead atoms. The lowest BCUT2D eigenvalue weighted by Crippen LogP contribution is -2.64. The Bertz CT molecular complexity index is 274. The minimum atomic E-state index is 0.184. The smallest absolute Gasteiger partial charge is 0.0680 e. The summed E-state index contributed by atoms with van der Waals surface area (Å²) in [5.74, 6) is 0. The molecule has 0 radical (unpaired) electrons. The van der Waals surface area contributed by atoms with Gasteiger partial charge in [-0.25, -0.2) is 0 Å². The predicted molar refractivity (Wildman–Crippen MR) is 81.1 cm³/mol. The van der Waals surface area contributed by atoms with Crippen molar-refractivity contribution >= 4 is 0 Å². The van der Waals surface area contributed by atoms with Crippen LogP contribution in [0.25, 0.3) is 0 Å². The van der Waals surface area contributed by atoms with E-state index in [4.69, 9.17) is 5.73 Å². The Kier molecular flexibility index (Phi) is 4.88. The van der Waals surface area contributed by atoms with Crippen LogP contribution in [0.5, 0.6) is 0 Å². The molecule has 0 amide bonds. The Balaban J connectivity index is 1.90. The number of piperidine rings is 1. The Labute approximate surface area is 118 Å². The molecule has 0 spiro atoms. The first-order valence-electron chi connectivity index (χ1n) is 7.91. The highest BCUT2D eigenvalue weighted by Crippen LogP contribution is 2.25. The van der Waals surface area contributed by atoms with E-state index in [0.717, 1.165) is 25.9 Å². The molecule has 112 valence electrons. The fourth-order valence-corrected chi connectivity index (χ4v) is 3.43. The molecule has 2 fully saturated rings. The van der Waals surface area contributed by atoms with Crippen LogP contribution in [0.15, 0.2) is 0 Å². The molecule has 2 heterocycles. The van der Waals surface area contributed by atoms with Crippen LogP contribution in [0.2, 0.25) is 0 Å². The fraction of sp³-hybridized carbons (Fsp3) is 1.00. The molecule has 0 aromatic heterocycles. The van der Waals surface area contributed by atoms with Gasteiger partial charge in [-0.2, -0.15) is 0 Å². The second-order valence-corrected chi connectivity index (χ2v) is 6.94. The van der Waals surface area contributed by atoms with E-state index in [0.29, 0.717) is 12.1 Å². The van der Waals surface area contributed by atoms with Gasteiger partial charge in [0, 0.05) is 51.4 Å². The molecule has 4 nitrogen and oxygen atoms in total. The first-order chi connectivity index (χ1) is 8.91. The van der Waals surface area contributed by atoms with E-state index in [1.165, 1.54) is 26.2 Å². The van der Waals surface area contributed by atoms with Crippen molar-refractivity contribution in [2.45, 2.75) is 58.3 Å². The third-order valence-electron chi connectivity index (χ3n) is 5.13. The normalized spacial score (nSPS) is 26.2. The summed E-state index contributed by atoms with van der Waals surface area (Å²) in [7, 11) is 0. The molecule has 0 aliphatic carbocycles. The maximum absolute atomic E-state index is 6.02. The van der Waals surface area contributed by atoms with E-state index in [1.807, 2.05) is 0 Å². The molecule has 2 aliphatic heterocycles. The van der Waals surface area contributed by atoms with Crippen LogP contribution in [0, 0.1) is 0 Å². The van der Waals surface area contributed by atoms with Gasteiger partial charge in [-0.1, -0.05) is 0 Å².